The van der Waals surface area contributed by atoms with Crippen LogP contribution in [0.2, 0.25) is 0 Å². The second kappa shape index (κ2) is 8.24. The molecule has 0 saturated carbocycles. The van der Waals surface area contributed by atoms with Gasteiger partial charge in [-0.15, -0.1) is 0 Å². The van der Waals surface area contributed by atoms with E-state index in [1.54, 1.807) is 23.2 Å². The number of nitrogens with one attached hydrogen (secondary N) is 2. The molecule has 7 nitrogen and oxygen atoms in total. The maximum Gasteiger partial charge on any atom is 0.271 e. The monoisotopic (exact) mass is 352 g/mol. The molecule has 1 aromatic carbocycles. The highest BCUT2D eigenvalue weighted by atomic mass is 16.2. The quantitative estimate of drug-likeness (QED) is 0.784. The highest BCUT2D eigenvalue weighted by Gasteiger charge is 2.34. The summed E-state index contributed by atoms with van der Waals surface area (Å²) in [6.07, 6.45) is 3.87. The largest absolute Gasteiger partial charge is 0.342 e. The Balaban J connectivity index is 1.47. The summed E-state index contributed by atoms with van der Waals surface area (Å²) in [5.74, 6) is -1.32. The lowest BCUT2D eigenvalue weighted by Gasteiger charge is -2.16. The van der Waals surface area contributed by atoms with Gasteiger partial charge in [0.15, 0.2) is 0 Å². The van der Waals surface area contributed by atoms with Crippen molar-refractivity contribution >= 4 is 17.7 Å². The van der Waals surface area contributed by atoms with E-state index in [0.29, 0.717) is 18.7 Å². The molecule has 1 aromatic heterocycles. The van der Waals surface area contributed by atoms with E-state index in [-0.39, 0.29) is 18.2 Å². The molecule has 2 heterocycles. The van der Waals surface area contributed by atoms with Gasteiger partial charge in [-0.05, 0) is 24.1 Å². The summed E-state index contributed by atoms with van der Waals surface area (Å²) >= 11 is 0. The molecule has 1 saturated heterocycles. The molecule has 1 aliphatic rings. The topological polar surface area (TPSA) is 91.4 Å². The maximum atomic E-state index is 12.2. The molecule has 1 fully saturated rings. The average Bonchev–Trinajstić information content (AvgIpc) is 3.06. The zero-order valence-corrected chi connectivity index (χ0v) is 14.2. The molecule has 0 radical (unpaired) electrons. The Morgan fingerprint density at radius 1 is 1.12 bits per heavy atom. The molecule has 3 rings (SSSR count). The van der Waals surface area contributed by atoms with Crippen LogP contribution < -0.4 is 10.9 Å². The Bertz CT molecular complexity index is 780. The fourth-order valence-electron chi connectivity index (χ4n) is 2.86. The highest BCUT2D eigenvalue weighted by Crippen LogP contribution is 2.18. The van der Waals surface area contributed by atoms with Gasteiger partial charge in [0, 0.05) is 31.9 Å². The van der Waals surface area contributed by atoms with Crippen LogP contribution in [0.15, 0.2) is 54.9 Å². The third-order valence-electron chi connectivity index (χ3n) is 4.32. The first-order valence-electron chi connectivity index (χ1n) is 8.45. The van der Waals surface area contributed by atoms with Gasteiger partial charge in [-0.3, -0.25) is 30.2 Å². The van der Waals surface area contributed by atoms with Gasteiger partial charge in [-0.1, -0.05) is 30.3 Å². The van der Waals surface area contributed by atoms with Crippen LogP contribution >= 0.6 is 0 Å². The summed E-state index contributed by atoms with van der Waals surface area (Å²) in [4.78, 5) is 41.8. The van der Waals surface area contributed by atoms with Crippen LogP contribution in [-0.4, -0.2) is 40.7 Å². The second-order valence-electron chi connectivity index (χ2n) is 6.16. The SMILES string of the molecule is O=C(NNC(=O)C1CC(=O)N(CCc2ccccc2)C1)c1cccnc1. The number of aromatic nitrogens is 1. The molecule has 3 amide bonds. The first kappa shape index (κ1) is 17.6. The summed E-state index contributed by atoms with van der Waals surface area (Å²) in [6.45, 7) is 0.939. The number of amides is 3. The number of nitrogens with zero attached hydrogens (tertiary/aromatic N) is 2. The Hall–Kier alpha value is -3.22. The van der Waals surface area contributed by atoms with Crippen molar-refractivity contribution in [2.75, 3.05) is 13.1 Å². The Morgan fingerprint density at radius 2 is 1.92 bits per heavy atom. The summed E-state index contributed by atoms with van der Waals surface area (Å²) < 4.78 is 0. The van der Waals surface area contributed by atoms with Gasteiger partial charge < -0.3 is 4.90 Å². The third-order valence-corrected chi connectivity index (χ3v) is 4.32. The molecule has 2 N–H and O–H groups in total. The standard InChI is InChI=1S/C19H20N4O3/c24-17-11-16(13-23(17)10-8-14-5-2-1-3-6-14)19(26)22-21-18(25)15-7-4-9-20-12-15/h1-7,9,12,16H,8,10-11,13H2,(H,21,25)(H,22,26). The van der Waals surface area contributed by atoms with Gasteiger partial charge in [0.05, 0.1) is 11.5 Å². The minimum absolute atomic E-state index is 0.0420. The van der Waals surface area contributed by atoms with E-state index in [1.165, 1.54) is 6.20 Å². The molecule has 134 valence electrons. The lowest BCUT2D eigenvalue weighted by Crippen LogP contribution is -2.45. The second-order valence-corrected chi connectivity index (χ2v) is 6.16. The molecular weight excluding hydrogens is 332 g/mol. The zero-order chi connectivity index (χ0) is 18.4. The number of benzene rings is 1. The molecule has 1 unspecified atom stereocenters. The van der Waals surface area contributed by atoms with Gasteiger partial charge in [-0.25, -0.2) is 0 Å². The van der Waals surface area contributed by atoms with E-state index < -0.39 is 11.8 Å². The van der Waals surface area contributed by atoms with Crippen molar-refractivity contribution in [3.05, 3.63) is 66.0 Å². The van der Waals surface area contributed by atoms with Gasteiger partial charge in [0.2, 0.25) is 11.8 Å². The Morgan fingerprint density at radius 3 is 2.65 bits per heavy atom. The van der Waals surface area contributed by atoms with Gasteiger partial charge >= 0.3 is 0 Å². The number of hydrogen-bond acceptors (Lipinski definition) is 4. The smallest absolute Gasteiger partial charge is 0.271 e. The number of carbonyl (C=O) groups is 3. The van der Waals surface area contributed by atoms with Crippen LogP contribution in [0.5, 0.6) is 0 Å². The van der Waals surface area contributed by atoms with Crippen molar-refractivity contribution in [2.24, 2.45) is 5.92 Å². The maximum absolute atomic E-state index is 12.2. The van der Waals surface area contributed by atoms with E-state index in [9.17, 15) is 14.4 Å². The van der Waals surface area contributed by atoms with Crippen molar-refractivity contribution in [1.29, 1.82) is 0 Å². The predicted octanol–water partition coefficient (Wildman–Crippen LogP) is 0.934. The molecule has 2 aromatic rings. The van der Waals surface area contributed by atoms with Crippen LogP contribution in [0, 0.1) is 5.92 Å². The van der Waals surface area contributed by atoms with Crippen LogP contribution in [0.1, 0.15) is 22.3 Å². The predicted molar refractivity (Wildman–Crippen MR) is 94.7 cm³/mol. The normalized spacial score (nSPS) is 16.4. The van der Waals surface area contributed by atoms with Crippen molar-refractivity contribution in [2.45, 2.75) is 12.8 Å². The number of carbonyl (C=O) groups excluding carboxylic acids is 3. The van der Waals surface area contributed by atoms with Crippen LogP contribution in [0.25, 0.3) is 0 Å². The van der Waals surface area contributed by atoms with E-state index in [4.69, 9.17) is 0 Å². The third kappa shape index (κ3) is 4.44. The highest BCUT2D eigenvalue weighted by molar-refractivity contribution is 5.96. The lowest BCUT2D eigenvalue weighted by atomic mass is 10.1. The van der Waals surface area contributed by atoms with E-state index in [1.807, 2.05) is 30.3 Å². The molecule has 0 aliphatic carbocycles. The Labute approximate surface area is 151 Å². The summed E-state index contributed by atoms with van der Waals surface area (Å²) in [7, 11) is 0. The van der Waals surface area contributed by atoms with Crippen molar-refractivity contribution < 1.29 is 14.4 Å². The van der Waals surface area contributed by atoms with Gasteiger partial charge in [0.25, 0.3) is 5.91 Å². The fourth-order valence-corrected chi connectivity index (χ4v) is 2.86. The molecule has 0 bridgehead atoms. The van der Waals surface area contributed by atoms with Crippen LogP contribution in [-0.2, 0) is 16.0 Å². The average molecular weight is 352 g/mol. The van der Waals surface area contributed by atoms with Crippen molar-refractivity contribution in [3.8, 4) is 0 Å². The first-order chi connectivity index (χ1) is 12.6. The molecule has 26 heavy (non-hydrogen) atoms. The number of likely N-dealkylation sites (tertiary alicyclic amines) is 1. The van der Waals surface area contributed by atoms with E-state index in [2.05, 4.69) is 15.8 Å². The fraction of sp³-hybridized carbons (Fsp3) is 0.263. The number of rotatable bonds is 5. The molecule has 7 heteroatoms. The van der Waals surface area contributed by atoms with Crippen molar-refractivity contribution in [1.82, 2.24) is 20.7 Å². The number of hydrazine groups is 1. The zero-order valence-electron chi connectivity index (χ0n) is 14.2. The number of pyridine rings is 1. The van der Waals surface area contributed by atoms with Crippen LogP contribution in [0.4, 0.5) is 0 Å². The number of hydrogen-bond donors (Lipinski definition) is 2. The minimum Gasteiger partial charge on any atom is -0.342 e. The molecule has 0 spiro atoms. The first-order valence-corrected chi connectivity index (χ1v) is 8.45. The molecule has 1 aliphatic heterocycles. The van der Waals surface area contributed by atoms with E-state index in [0.717, 1.165) is 12.0 Å². The summed E-state index contributed by atoms with van der Waals surface area (Å²) in [5.41, 5.74) is 6.24. The summed E-state index contributed by atoms with van der Waals surface area (Å²) in [6, 6.07) is 13.1. The molecular formula is C19H20N4O3. The van der Waals surface area contributed by atoms with Crippen molar-refractivity contribution in [3.63, 3.8) is 0 Å². The van der Waals surface area contributed by atoms with Crippen LogP contribution in [0.3, 0.4) is 0 Å². The lowest BCUT2D eigenvalue weighted by molar-refractivity contribution is -0.129. The molecule has 1 atom stereocenters. The minimum atomic E-state index is -0.465. The van der Waals surface area contributed by atoms with E-state index >= 15 is 0 Å². The van der Waals surface area contributed by atoms with Gasteiger partial charge in [0.1, 0.15) is 0 Å². The Kier molecular flexibility index (Phi) is 5.58. The summed E-state index contributed by atoms with van der Waals surface area (Å²) in [5, 5.41) is 0. The van der Waals surface area contributed by atoms with Gasteiger partial charge in [-0.2, -0.15) is 0 Å².